The van der Waals surface area contributed by atoms with E-state index < -0.39 is 21.1 Å². The smallest absolute Gasteiger partial charge is 0.335 e. The number of carboxylic acid groups (broad SMARTS) is 1. The number of rotatable bonds is 4. The van der Waals surface area contributed by atoms with Gasteiger partial charge in [0.2, 0.25) is 0 Å². The summed E-state index contributed by atoms with van der Waals surface area (Å²) in [5, 5.41) is 8.60. The molecule has 2 unspecified atom stereocenters. The van der Waals surface area contributed by atoms with Crippen molar-refractivity contribution in [2.24, 2.45) is 5.92 Å². The third kappa shape index (κ3) is 3.20. The number of sulfone groups is 1. The van der Waals surface area contributed by atoms with Gasteiger partial charge in [0, 0.05) is 0 Å². The molecule has 1 aromatic rings. The van der Waals surface area contributed by atoms with Gasteiger partial charge in [-0.15, -0.1) is 0 Å². The van der Waals surface area contributed by atoms with Crippen molar-refractivity contribution >= 4 is 15.8 Å². The van der Waals surface area contributed by atoms with Gasteiger partial charge in [0.25, 0.3) is 0 Å². The van der Waals surface area contributed by atoms with E-state index in [1.54, 1.807) is 0 Å². The average Bonchev–Trinajstić information content (AvgIpc) is 2.46. The van der Waals surface area contributed by atoms with E-state index in [1.165, 1.54) is 25.3 Å². The fraction of sp³-hybridized carbons (Fsp3) is 0.533. The molecule has 0 saturated heterocycles. The summed E-state index contributed by atoms with van der Waals surface area (Å²) in [4.78, 5) is 11.1. The standard InChI is InChI=1S/C15H20O5S/c1-10-4-3-5-12(8-10)21(18,19)14-9-11(15(16)17)6-7-13(14)20-2/h6-7,9-10,12H,3-5,8H2,1-2H3,(H,16,17). The SMILES string of the molecule is COc1ccc(C(=O)O)cc1S(=O)(=O)C1CCCC(C)C1. The first-order valence-corrected chi connectivity index (χ1v) is 8.56. The highest BCUT2D eigenvalue weighted by molar-refractivity contribution is 7.92. The van der Waals surface area contributed by atoms with Crippen LogP contribution in [0.1, 0.15) is 43.0 Å². The summed E-state index contributed by atoms with van der Waals surface area (Å²) in [6, 6.07) is 3.96. The maximum Gasteiger partial charge on any atom is 0.335 e. The molecule has 0 aliphatic heterocycles. The predicted molar refractivity (Wildman–Crippen MR) is 78.6 cm³/mol. The zero-order valence-corrected chi connectivity index (χ0v) is 13.0. The summed E-state index contributed by atoms with van der Waals surface area (Å²) in [6.07, 6.45) is 3.15. The summed E-state index contributed by atoms with van der Waals surface area (Å²) in [5.41, 5.74) is -0.0433. The lowest BCUT2D eigenvalue weighted by atomic mass is 9.91. The first kappa shape index (κ1) is 15.8. The lowest BCUT2D eigenvalue weighted by Crippen LogP contribution is -2.28. The van der Waals surface area contributed by atoms with E-state index in [1.807, 2.05) is 6.92 Å². The highest BCUT2D eigenvalue weighted by Crippen LogP contribution is 2.35. The Morgan fingerprint density at radius 1 is 1.33 bits per heavy atom. The summed E-state index contributed by atoms with van der Waals surface area (Å²) < 4.78 is 30.7. The van der Waals surface area contributed by atoms with Gasteiger partial charge in [-0.25, -0.2) is 13.2 Å². The summed E-state index contributed by atoms with van der Waals surface area (Å²) in [5.74, 6) is -0.573. The van der Waals surface area contributed by atoms with Crippen LogP contribution in [0.2, 0.25) is 0 Å². The van der Waals surface area contributed by atoms with Crippen LogP contribution in [0, 0.1) is 5.92 Å². The molecule has 1 aliphatic carbocycles. The Labute approximate surface area is 124 Å². The maximum absolute atomic E-state index is 12.8. The molecule has 6 heteroatoms. The highest BCUT2D eigenvalue weighted by atomic mass is 32.2. The number of hydrogen-bond acceptors (Lipinski definition) is 4. The van der Waals surface area contributed by atoms with E-state index in [4.69, 9.17) is 9.84 Å². The first-order chi connectivity index (χ1) is 9.86. The second kappa shape index (κ2) is 6.05. The van der Waals surface area contributed by atoms with Crippen LogP contribution in [-0.2, 0) is 9.84 Å². The normalized spacial score (nSPS) is 22.8. The van der Waals surface area contributed by atoms with Crippen molar-refractivity contribution in [2.75, 3.05) is 7.11 Å². The molecule has 0 amide bonds. The van der Waals surface area contributed by atoms with Crippen LogP contribution in [-0.4, -0.2) is 31.9 Å². The molecule has 1 N–H and O–H groups in total. The van der Waals surface area contributed by atoms with Crippen LogP contribution in [0.3, 0.4) is 0 Å². The van der Waals surface area contributed by atoms with Gasteiger partial charge in [-0.3, -0.25) is 0 Å². The Balaban J connectivity index is 2.47. The Morgan fingerprint density at radius 3 is 2.62 bits per heavy atom. The van der Waals surface area contributed by atoms with Crippen molar-refractivity contribution < 1.29 is 23.1 Å². The number of benzene rings is 1. The minimum Gasteiger partial charge on any atom is -0.495 e. The van der Waals surface area contributed by atoms with Crippen molar-refractivity contribution in [2.45, 2.75) is 42.8 Å². The quantitative estimate of drug-likeness (QED) is 0.924. The second-order valence-electron chi connectivity index (χ2n) is 5.61. The zero-order chi connectivity index (χ0) is 15.6. The molecule has 2 rings (SSSR count). The van der Waals surface area contributed by atoms with Crippen molar-refractivity contribution in [1.82, 2.24) is 0 Å². The third-order valence-electron chi connectivity index (χ3n) is 4.04. The maximum atomic E-state index is 12.8. The molecule has 0 spiro atoms. The van der Waals surface area contributed by atoms with Gasteiger partial charge in [-0.1, -0.05) is 19.8 Å². The topological polar surface area (TPSA) is 80.7 Å². The molecule has 1 aromatic carbocycles. The molecule has 0 aromatic heterocycles. The Bertz CT molecular complexity index is 635. The Hall–Kier alpha value is -1.56. The second-order valence-corrected chi connectivity index (χ2v) is 7.81. The number of aromatic carboxylic acids is 1. The van der Waals surface area contributed by atoms with Gasteiger partial charge in [0.1, 0.15) is 10.6 Å². The van der Waals surface area contributed by atoms with Crippen molar-refractivity contribution in [3.8, 4) is 5.75 Å². The fourth-order valence-electron chi connectivity index (χ4n) is 2.87. The molecular formula is C15H20O5S. The minimum absolute atomic E-state index is 0.0102. The molecular weight excluding hydrogens is 292 g/mol. The number of carboxylic acids is 1. The largest absolute Gasteiger partial charge is 0.495 e. The summed E-state index contributed by atoms with van der Waals surface area (Å²) in [7, 11) is -2.19. The Morgan fingerprint density at radius 2 is 2.05 bits per heavy atom. The number of hydrogen-bond donors (Lipinski definition) is 1. The van der Waals surface area contributed by atoms with Gasteiger partial charge >= 0.3 is 5.97 Å². The molecule has 21 heavy (non-hydrogen) atoms. The van der Waals surface area contributed by atoms with E-state index in [0.29, 0.717) is 18.8 Å². The van der Waals surface area contributed by atoms with E-state index in [2.05, 4.69) is 0 Å². The molecule has 0 bridgehead atoms. The van der Waals surface area contributed by atoms with Crippen LogP contribution in [0.5, 0.6) is 5.75 Å². The molecule has 116 valence electrons. The lowest BCUT2D eigenvalue weighted by Gasteiger charge is -2.27. The first-order valence-electron chi connectivity index (χ1n) is 7.01. The van der Waals surface area contributed by atoms with Gasteiger partial charge in [-0.2, -0.15) is 0 Å². The summed E-state index contributed by atoms with van der Waals surface area (Å²) in [6.45, 7) is 2.05. The molecule has 0 radical (unpaired) electrons. The van der Waals surface area contributed by atoms with Gasteiger partial charge in [-0.05, 0) is 37.0 Å². The van der Waals surface area contributed by atoms with E-state index in [-0.39, 0.29) is 16.2 Å². The molecule has 2 atom stereocenters. The van der Waals surface area contributed by atoms with Crippen LogP contribution >= 0.6 is 0 Å². The molecule has 1 saturated carbocycles. The third-order valence-corrected chi connectivity index (χ3v) is 6.28. The fourth-order valence-corrected chi connectivity index (χ4v) is 5.01. The van der Waals surface area contributed by atoms with Crippen LogP contribution < -0.4 is 4.74 Å². The number of ether oxygens (including phenoxy) is 1. The van der Waals surface area contributed by atoms with E-state index >= 15 is 0 Å². The van der Waals surface area contributed by atoms with Crippen LogP contribution in [0.15, 0.2) is 23.1 Å². The van der Waals surface area contributed by atoms with E-state index in [9.17, 15) is 13.2 Å². The van der Waals surface area contributed by atoms with E-state index in [0.717, 1.165) is 12.8 Å². The average molecular weight is 312 g/mol. The number of methoxy groups -OCH3 is 1. The van der Waals surface area contributed by atoms with Crippen LogP contribution in [0.4, 0.5) is 0 Å². The van der Waals surface area contributed by atoms with Crippen molar-refractivity contribution in [1.29, 1.82) is 0 Å². The van der Waals surface area contributed by atoms with Gasteiger partial charge in [0.05, 0.1) is 17.9 Å². The highest BCUT2D eigenvalue weighted by Gasteiger charge is 2.34. The monoisotopic (exact) mass is 312 g/mol. The minimum atomic E-state index is -3.58. The van der Waals surface area contributed by atoms with Crippen LogP contribution in [0.25, 0.3) is 0 Å². The molecule has 5 nitrogen and oxygen atoms in total. The molecule has 1 fully saturated rings. The van der Waals surface area contributed by atoms with Gasteiger partial charge in [0.15, 0.2) is 9.84 Å². The lowest BCUT2D eigenvalue weighted by molar-refractivity contribution is 0.0696. The van der Waals surface area contributed by atoms with Crippen molar-refractivity contribution in [3.63, 3.8) is 0 Å². The number of carbonyl (C=O) groups is 1. The van der Waals surface area contributed by atoms with Gasteiger partial charge < -0.3 is 9.84 Å². The molecule has 0 heterocycles. The Kier molecular flexibility index (Phi) is 4.56. The molecule has 1 aliphatic rings. The van der Waals surface area contributed by atoms with Crippen molar-refractivity contribution in [3.05, 3.63) is 23.8 Å². The zero-order valence-electron chi connectivity index (χ0n) is 12.2. The summed E-state index contributed by atoms with van der Waals surface area (Å²) >= 11 is 0. The predicted octanol–water partition coefficient (Wildman–Crippen LogP) is 2.75.